The molecule has 1 heterocycles. The molecule has 0 aliphatic heterocycles. The molecule has 7 heteroatoms. The molecule has 2 aromatic rings. The van der Waals surface area contributed by atoms with Gasteiger partial charge in [0.15, 0.2) is 0 Å². The first-order valence-corrected chi connectivity index (χ1v) is 7.11. The average Bonchev–Trinajstić information content (AvgIpc) is 2.47. The molecule has 23 heavy (non-hydrogen) atoms. The van der Waals surface area contributed by atoms with Crippen LogP contribution in [-0.2, 0) is 16.6 Å². The van der Waals surface area contributed by atoms with Crippen molar-refractivity contribution in [2.45, 2.75) is 32.6 Å². The third-order valence-corrected chi connectivity index (χ3v) is 3.12. The Morgan fingerprint density at radius 1 is 1.17 bits per heavy atom. The fraction of sp³-hybridized carbons (Fsp3) is 0.312. The number of aromatic nitrogens is 2. The Labute approximate surface area is 133 Å². The summed E-state index contributed by atoms with van der Waals surface area (Å²) in [6, 6.07) is 5.89. The number of amides is 1. The van der Waals surface area contributed by atoms with Crippen LogP contribution in [0.3, 0.4) is 0 Å². The van der Waals surface area contributed by atoms with E-state index in [1.807, 2.05) is 20.8 Å². The smallest absolute Gasteiger partial charge is 0.269 e. The van der Waals surface area contributed by atoms with Crippen LogP contribution < -0.4 is 5.32 Å². The van der Waals surface area contributed by atoms with Crippen molar-refractivity contribution >= 4 is 17.3 Å². The van der Waals surface area contributed by atoms with Gasteiger partial charge in [-0.2, -0.15) is 0 Å². The van der Waals surface area contributed by atoms with Gasteiger partial charge in [-0.05, 0) is 5.56 Å². The van der Waals surface area contributed by atoms with E-state index >= 15 is 0 Å². The summed E-state index contributed by atoms with van der Waals surface area (Å²) < 4.78 is 0. The van der Waals surface area contributed by atoms with Crippen molar-refractivity contribution < 1.29 is 9.72 Å². The van der Waals surface area contributed by atoms with Crippen LogP contribution in [0.15, 0.2) is 36.7 Å². The molecule has 1 N–H and O–H groups in total. The molecule has 0 atom stereocenters. The van der Waals surface area contributed by atoms with E-state index in [1.54, 1.807) is 24.5 Å². The van der Waals surface area contributed by atoms with Gasteiger partial charge < -0.3 is 5.32 Å². The highest BCUT2D eigenvalue weighted by molar-refractivity contribution is 5.91. The van der Waals surface area contributed by atoms with E-state index in [1.165, 1.54) is 12.1 Å². The molecule has 1 amide bonds. The highest BCUT2D eigenvalue weighted by Crippen LogP contribution is 2.18. The Bertz CT molecular complexity index is 704. The molecule has 2 rings (SSSR count). The zero-order chi connectivity index (χ0) is 17.0. The maximum absolute atomic E-state index is 12.0. The van der Waals surface area contributed by atoms with Crippen LogP contribution in [0.5, 0.6) is 0 Å². The zero-order valence-electron chi connectivity index (χ0n) is 13.2. The van der Waals surface area contributed by atoms with Crippen LogP contribution in [0.25, 0.3) is 0 Å². The number of benzene rings is 1. The fourth-order valence-electron chi connectivity index (χ4n) is 1.91. The van der Waals surface area contributed by atoms with Crippen LogP contribution in [0, 0.1) is 10.1 Å². The summed E-state index contributed by atoms with van der Waals surface area (Å²) in [5.41, 5.74) is 1.06. The second-order valence-corrected chi connectivity index (χ2v) is 6.19. The lowest BCUT2D eigenvalue weighted by atomic mass is 9.96. The van der Waals surface area contributed by atoms with Crippen molar-refractivity contribution in [3.05, 3.63) is 58.2 Å². The quantitative estimate of drug-likeness (QED) is 0.691. The first-order valence-electron chi connectivity index (χ1n) is 7.11. The Balaban J connectivity index is 1.98. The van der Waals surface area contributed by atoms with Crippen molar-refractivity contribution in [1.29, 1.82) is 0 Å². The van der Waals surface area contributed by atoms with Gasteiger partial charge in [-0.3, -0.25) is 14.9 Å². The van der Waals surface area contributed by atoms with Gasteiger partial charge in [-0.1, -0.05) is 32.9 Å². The molecule has 0 saturated heterocycles. The molecule has 1 aromatic heterocycles. The highest BCUT2D eigenvalue weighted by atomic mass is 16.6. The Morgan fingerprint density at radius 3 is 2.22 bits per heavy atom. The van der Waals surface area contributed by atoms with Gasteiger partial charge in [-0.15, -0.1) is 0 Å². The van der Waals surface area contributed by atoms with Crippen molar-refractivity contribution in [3.8, 4) is 0 Å². The number of anilines is 1. The molecular formula is C16H18N4O3. The lowest BCUT2D eigenvalue weighted by molar-refractivity contribution is -0.384. The van der Waals surface area contributed by atoms with Crippen LogP contribution in [-0.4, -0.2) is 20.8 Å². The number of nitro groups is 1. The van der Waals surface area contributed by atoms with Crippen molar-refractivity contribution in [1.82, 2.24) is 9.97 Å². The van der Waals surface area contributed by atoms with E-state index in [4.69, 9.17) is 0 Å². The summed E-state index contributed by atoms with van der Waals surface area (Å²) in [6.45, 7) is 6.03. The van der Waals surface area contributed by atoms with E-state index in [-0.39, 0.29) is 23.4 Å². The third-order valence-electron chi connectivity index (χ3n) is 3.12. The molecule has 0 saturated carbocycles. The van der Waals surface area contributed by atoms with Gasteiger partial charge in [0.2, 0.25) is 5.91 Å². The summed E-state index contributed by atoms with van der Waals surface area (Å²) in [7, 11) is 0. The maximum atomic E-state index is 12.0. The van der Waals surface area contributed by atoms with E-state index < -0.39 is 4.92 Å². The Kier molecular flexibility index (Phi) is 4.68. The van der Waals surface area contributed by atoms with E-state index in [9.17, 15) is 14.9 Å². The molecule has 7 nitrogen and oxygen atoms in total. The normalized spacial score (nSPS) is 11.1. The van der Waals surface area contributed by atoms with Crippen LogP contribution in [0.2, 0.25) is 0 Å². The van der Waals surface area contributed by atoms with Crippen molar-refractivity contribution in [2.75, 3.05) is 5.32 Å². The predicted molar refractivity (Wildman–Crippen MR) is 86.2 cm³/mol. The molecule has 120 valence electrons. The Hall–Kier alpha value is -2.83. The number of non-ortho nitro benzene ring substituents is 1. The number of carbonyl (C=O) groups excluding carboxylic acids is 1. The number of hydrogen-bond acceptors (Lipinski definition) is 5. The molecule has 0 unspecified atom stereocenters. The van der Waals surface area contributed by atoms with Crippen LogP contribution in [0.1, 0.15) is 32.2 Å². The largest absolute Gasteiger partial charge is 0.323 e. The molecule has 0 fully saturated rings. The number of carbonyl (C=O) groups is 1. The summed E-state index contributed by atoms with van der Waals surface area (Å²) in [4.78, 5) is 30.6. The first-order chi connectivity index (χ1) is 10.8. The predicted octanol–water partition coefficient (Wildman–Crippen LogP) is 2.86. The molecule has 0 bridgehead atoms. The number of nitro benzene ring substituents is 1. The minimum absolute atomic E-state index is 0.000303. The minimum atomic E-state index is -0.474. The van der Waals surface area contributed by atoms with Gasteiger partial charge >= 0.3 is 0 Å². The molecule has 0 aliphatic rings. The van der Waals surface area contributed by atoms with E-state index in [2.05, 4.69) is 15.3 Å². The van der Waals surface area contributed by atoms with Gasteiger partial charge in [0.1, 0.15) is 5.82 Å². The summed E-state index contributed by atoms with van der Waals surface area (Å²) in [5, 5.41) is 13.3. The molecule has 1 aromatic carbocycles. The minimum Gasteiger partial charge on any atom is -0.323 e. The van der Waals surface area contributed by atoms with Gasteiger partial charge in [0, 0.05) is 17.5 Å². The monoisotopic (exact) mass is 314 g/mol. The highest BCUT2D eigenvalue weighted by Gasteiger charge is 2.17. The molecular weight excluding hydrogens is 296 g/mol. The lowest BCUT2D eigenvalue weighted by Crippen LogP contribution is -2.18. The Morgan fingerprint density at radius 2 is 1.74 bits per heavy atom. The number of nitrogens with zero attached hydrogens (tertiary/aromatic N) is 3. The van der Waals surface area contributed by atoms with Crippen molar-refractivity contribution in [2.24, 2.45) is 0 Å². The van der Waals surface area contributed by atoms with Crippen molar-refractivity contribution in [3.63, 3.8) is 0 Å². The molecule has 0 spiro atoms. The average molecular weight is 314 g/mol. The van der Waals surface area contributed by atoms with Gasteiger partial charge in [-0.25, -0.2) is 9.97 Å². The number of nitrogens with one attached hydrogen (secondary N) is 1. The standard InChI is InChI=1S/C16H18N4O3/c1-16(2,3)15-17-9-12(10-18-15)19-14(21)8-11-4-6-13(7-5-11)20(22)23/h4-7,9-10H,8H2,1-3H3,(H,19,21). The zero-order valence-corrected chi connectivity index (χ0v) is 13.2. The second kappa shape index (κ2) is 6.51. The lowest BCUT2D eigenvalue weighted by Gasteiger charge is -2.16. The number of hydrogen-bond donors (Lipinski definition) is 1. The van der Waals surface area contributed by atoms with Gasteiger partial charge in [0.25, 0.3) is 5.69 Å². The summed E-state index contributed by atoms with van der Waals surface area (Å²) in [5.74, 6) is 0.469. The SMILES string of the molecule is CC(C)(C)c1ncc(NC(=O)Cc2ccc([N+](=O)[O-])cc2)cn1. The number of rotatable bonds is 4. The summed E-state index contributed by atoms with van der Waals surface area (Å²) >= 11 is 0. The molecule has 0 aliphatic carbocycles. The van der Waals surface area contributed by atoms with E-state index in [0.29, 0.717) is 17.1 Å². The fourth-order valence-corrected chi connectivity index (χ4v) is 1.91. The maximum Gasteiger partial charge on any atom is 0.269 e. The van der Waals surface area contributed by atoms with Crippen LogP contribution in [0.4, 0.5) is 11.4 Å². The van der Waals surface area contributed by atoms with Gasteiger partial charge in [0.05, 0.1) is 29.4 Å². The second-order valence-electron chi connectivity index (χ2n) is 6.19. The van der Waals surface area contributed by atoms with Crippen LogP contribution >= 0.6 is 0 Å². The first kappa shape index (κ1) is 16.5. The van der Waals surface area contributed by atoms with E-state index in [0.717, 1.165) is 0 Å². The topological polar surface area (TPSA) is 98.0 Å². The third kappa shape index (κ3) is 4.57. The summed E-state index contributed by atoms with van der Waals surface area (Å²) in [6.07, 6.45) is 3.27. The molecule has 0 radical (unpaired) electrons.